The number of hydrogen-bond donors (Lipinski definition) is 1. The fraction of sp³-hybridized carbons (Fsp3) is 0.323. The van der Waals surface area contributed by atoms with Gasteiger partial charge in [0.1, 0.15) is 0 Å². The number of rotatable bonds is 7. The van der Waals surface area contributed by atoms with E-state index in [1.54, 1.807) is 30.5 Å². The first kappa shape index (κ1) is 25.4. The summed E-state index contributed by atoms with van der Waals surface area (Å²) in [4.78, 5) is 4.72. The van der Waals surface area contributed by atoms with E-state index in [9.17, 15) is 13.5 Å². The monoisotopic (exact) mass is 514 g/mol. The second-order valence-electron chi connectivity index (χ2n) is 10.5. The molecule has 2 aromatic heterocycles. The van der Waals surface area contributed by atoms with Crippen molar-refractivity contribution in [2.24, 2.45) is 11.8 Å². The summed E-state index contributed by atoms with van der Waals surface area (Å²) < 4.78 is 29.5. The zero-order chi connectivity index (χ0) is 26.2. The second kappa shape index (κ2) is 9.92. The minimum atomic E-state index is -3.91. The first-order valence-electron chi connectivity index (χ1n) is 13.0. The Labute approximate surface area is 219 Å². The van der Waals surface area contributed by atoms with Crippen LogP contribution in [-0.4, -0.2) is 22.5 Å². The van der Waals surface area contributed by atoms with Crippen LogP contribution in [0.4, 0.5) is 0 Å². The highest BCUT2D eigenvalue weighted by molar-refractivity contribution is 7.90. The van der Waals surface area contributed by atoms with Crippen molar-refractivity contribution in [1.29, 1.82) is 0 Å². The maximum atomic E-state index is 14.0. The summed E-state index contributed by atoms with van der Waals surface area (Å²) in [5.74, 6) is 0.434. The molecular formula is C31H34N2O3S. The molecule has 2 aromatic carbocycles. The topological polar surface area (TPSA) is 72.2 Å². The number of hydrogen-bond acceptors (Lipinski definition) is 4. The van der Waals surface area contributed by atoms with E-state index in [-0.39, 0.29) is 10.8 Å². The van der Waals surface area contributed by atoms with Crippen LogP contribution in [-0.2, 0) is 15.6 Å². The number of fused-ring (bicyclic) bond motifs is 1. The third-order valence-electron chi connectivity index (χ3n) is 7.78. The number of allylic oxidation sites excluding steroid dienone is 1. The smallest absolute Gasteiger partial charge is 0.269 e. The molecule has 1 N–H and O–H groups in total. The van der Waals surface area contributed by atoms with Gasteiger partial charge in [0.25, 0.3) is 10.0 Å². The number of aromatic nitrogens is 2. The summed E-state index contributed by atoms with van der Waals surface area (Å²) in [5, 5.41) is 11.8. The predicted octanol–water partition coefficient (Wildman–Crippen LogP) is 6.76. The highest BCUT2D eigenvalue weighted by Crippen LogP contribution is 2.37. The largest absolute Gasteiger partial charge is 0.385 e. The third-order valence-corrected chi connectivity index (χ3v) is 9.50. The SMILES string of the molecule is CC(C)C(C)(O)c1ccc(C(=CC2CCCC2)c2cc3cccnc3n2S(=O)(=O)c2ccccc2)cc1. The average molecular weight is 515 g/mol. The fourth-order valence-electron chi connectivity index (χ4n) is 5.15. The number of benzene rings is 2. The molecule has 4 aromatic rings. The summed E-state index contributed by atoms with van der Waals surface area (Å²) in [5.41, 5.74) is 2.70. The molecule has 0 bridgehead atoms. The van der Waals surface area contributed by atoms with Crippen LogP contribution in [0.1, 0.15) is 63.3 Å². The lowest BCUT2D eigenvalue weighted by atomic mass is 9.84. The van der Waals surface area contributed by atoms with Crippen molar-refractivity contribution >= 4 is 26.6 Å². The zero-order valence-corrected chi connectivity index (χ0v) is 22.4. The standard InChI is InChI=1S/C31H34N2O3S/c1-22(2)31(3,34)26-17-15-24(16-18-26)28(20-23-10-7-8-11-23)29-21-25-12-9-19-32-30(25)33(29)37(35,36)27-13-5-4-6-14-27/h4-6,9,12-23,34H,7-8,10-11H2,1-3H3. The normalized spacial score (nSPS) is 16.9. The van der Waals surface area contributed by atoms with Gasteiger partial charge < -0.3 is 5.11 Å². The lowest BCUT2D eigenvalue weighted by molar-refractivity contribution is 0.00905. The van der Waals surface area contributed by atoms with Crippen LogP contribution in [0.25, 0.3) is 16.6 Å². The van der Waals surface area contributed by atoms with E-state index in [2.05, 4.69) is 11.1 Å². The molecule has 1 aliphatic rings. The van der Waals surface area contributed by atoms with E-state index >= 15 is 0 Å². The molecule has 0 amide bonds. The van der Waals surface area contributed by atoms with Crippen molar-refractivity contribution in [2.75, 3.05) is 0 Å². The third kappa shape index (κ3) is 4.76. The van der Waals surface area contributed by atoms with Crippen LogP contribution in [0.2, 0.25) is 0 Å². The van der Waals surface area contributed by atoms with Crippen molar-refractivity contribution in [1.82, 2.24) is 8.96 Å². The highest BCUT2D eigenvalue weighted by atomic mass is 32.2. The number of nitrogens with zero attached hydrogens (tertiary/aromatic N) is 2. The van der Waals surface area contributed by atoms with Gasteiger partial charge in [0.15, 0.2) is 5.65 Å². The maximum absolute atomic E-state index is 14.0. The molecular weight excluding hydrogens is 480 g/mol. The number of pyridine rings is 1. The van der Waals surface area contributed by atoms with Crippen molar-refractivity contribution in [3.63, 3.8) is 0 Å². The van der Waals surface area contributed by atoms with E-state index in [0.717, 1.165) is 34.9 Å². The van der Waals surface area contributed by atoms with Crippen molar-refractivity contribution in [3.05, 3.63) is 102 Å². The molecule has 0 spiro atoms. The Bertz CT molecular complexity index is 1530. The van der Waals surface area contributed by atoms with Gasteiger partial charge in [-0.3, -0.25) is 0 Å². The highest BCUT2D eigenvalue weighted by Gasteiger charge is 2.29. The molecule has 2 heterocycles. The van der Waals surface area contributed by atoms with Gasteiger partial charge in [-0.1, -0.05) is 75.2 Å². The van der Waals surface area contributed by atoms with E-state index in [1.165, 1.54) is 16.8 Å². The first-order valence-corrected chi connectivity index (χ1v) is 14.5. The lowest BCUT2D eigenvalue weighted by Gasteiger charge is -2.28. The average Bonchev–Trinajstić information content (AvgIpc) is 3.56. The number of aliphatic hydroxyl groups is 1. The van der Waals surface area contributed by atoms with Gasteiger partial charge in [0.05, 0.1) is 16.2 Å². The van der Waals surface area contributed by atoms with Crippen molar-refractivity contribution in [3.8, 4) is 0 Å². The second-order valence-corrected chi connectivity index (χ2v) is 12.3. The van der Waals surface area contributed by atoms with Crippen LogP contribution < -0.4 is 0 Å². The Morgan fingerprint density at radius 2 is 1.70 bits per heavy atom. The predicted molar refractivity (Wildman–Crippen MR) is 149 cm³/mol. The summed E-state index contributed by atoms with van der Waals surface area (Å²) in [7, 11) is -3.91. The van der Waals surface area contributed by atoms with E-state index in [1.807, 2.05) is 69.3 Å². The molecule has 0 radical (unpaired) electrons. The van der Waals surface area contributed by atoms with Crippen LogP contribution in [0, 0.1) is 11.8 Å². The molecule has 192 valence electrons. The molecule has 37 heavy (non-hydrogen) atoms. The van der Waals surface area contributed by atoms with Gasteiger partial charge in [-0.05, 0) is 73.1 Å². The van der Waals surface area contributed by atoms with Gasteiger partial charge in [-0.2, -0.15) is 0 Å². The van der Waals surface area contributed by atoms with E-state index < -0.39 is 15.6 Å². The van der Waals surface area contributed by atoms with Crippen LogP contribution in [0.15, 0.2) is 90.0 Å². The van der Waals surface area contributed by atoms with Crippen LogP contribution in [0.5, 0.6) is 0 Å². The lowest BCUT2D eigenvalue weighted by Crippen LogP contribution is -2.27. The van der Waals surface area contributed by atoms with Gasteiger partial charge in [0, 0.05) is 17.2 Å². The quantitative estimate of drug-likeness (QED) is 0.296. The summed E-state index contributed by atoms with van der Waals surface area (Å²) >= 11 is 0. The summed E-state index contributed by atoms with van der Waals surface area (Å²) in [6.45, 7) is 5.83. The van der Waals surface area contributed by atoms with Gasteiger partial charge in [-0.25, -0.2) is 17.4 Å². The summed E-state index contributed by atoms with van der Waals surface area (Å²) in [6.07, 6.45) is 8.41. The molecule has 1 saturated carbocycles. The Kier molecular flexibility index (Phi) is 6.82. The molecule has 0 saturated heterocycles. The fourth-order valence-corrected chi connectivity index (χ4v) is 6.65. The molecule has 5 nitrogen and oxygen atoms in total. The Morgan fingerprint density at radius 1 is 1.03 bits per heavy atom. The van der Waals surface area contributed by atoms with Crippen molar-refractivity contribution < 1.29 is 13.5 Å². The Hall–Kier alpha value is -3.22. The Balaban J connectivity index is 1.73. The van der Waals surface area contributed by atoms with Crippen LogP contribution >= 0.6 is 0 Å². The van der Waals surface area contributed by atoms with Gasteiger partial charge in [0.2, 0.25) is 0 Å². The molecule has 5 rings (SSSR count). The van der Waals surface area contributed by atoms with Gasteiger partial charge >= 0.3 is 0 Å². The molecule has 0 aliphatic heterocycles. The minimum absolute atomic E-state index is 0.0523. The molecule has 6 heteroatoms. The molecule has 1 aliphatic carbocycles. The van der Waals surface area contributed by atoms with E-state index in [0.29, 0.717) is 17.3 Å². The maximum Gasteiger partial charge on any atom is 0.269 e. The zero-order valence-electron chi connectivity index (χ0n) is 21.6. The van der Waals surface area contributed by atoms with Crippen LogP contribution in [0.3, 0.4) is 0 Å². The Morgan fingerprint density at radius 3 is 2.35 bits per heavy atom. The first-order chi connectivity index (χ1) is 17.7. The van der Waals surface area contributed by atoms with Crippen molar-refractivity contribution in [2.45, 2.75) is 57.0 Å². The molecule has 1 unspecified atom stereocenters. The molecule has 1 atom stereocenters. The van der Waals surface area contributed by atoms with Gasteiger partial charge in [-0.15, -0.1) is 0 Å². The minimum Gasteiger partial charge on any atom is -0.385 e. The van der Waals surface area contributed by atoms with E-state index in [4.69, 9.17) is 0 Å². The summed E-state index contributed by atoms with van der Waals surface area (Å²) in [6, 6.07) is 22.1. The molecule has 1 fully saturated rings.